The Morgan fingerprint density at radius 2 is 2.00 bits per heavy atom. The summed E-state index contributed by atoms with van der Waals surface area (Å²) in [5.74, 6) is -0.436. The van der Waals surface area contributed by atoms with Gasteiger partial charge in [-0.15, -0.1) is 0 Å². The van der Waals surface area contributed by atoms with E-state index in [2.05, 4.69) is 4.98 Å². The van der Waals surface area contributed by atoms with Gasteiger partial charge in [0.1, 0.15) is 11.7 Å². The molecule has 1 aromatic carbocycles. The van der Waals surface area contributed by atoms with Crippen LogP contribution in [0, 0.1) is 29.6 Å². The average molecular weight is 408 g/mol. The summed E-state index contributed by atoms with van der Waals surface area (Å²) in [5.41, 5.74) is 1.10. The van der Waals surface area contributed by atoms with E-state index in [9.17, 15) is 28.5 Å². The van der Waals surface area contributed by atoms with E-state index in [-0.39, 0.29) is 17.7 Å². The fraction of sp³-hybridized carbons (Fsp3) is 0.182. The van der Waals surface area contributed by atoms with E-state index >= 15 is 0 Å². The van der Waals surface area contributed by atoms with Gasteiger partial charge in [-0.3, -0.25) is 4.79 Å². The SMILES string of the molecule is CC(=O)/C(C#N)=C/c1cn(Cc2cc(C)cc(C(F)(F)F)c2)c2nccc(C#N)c12. The molecule has 2 aromatic heterocycles. The summed E-state index contributed by atoms with van der Waals surface area (Å²) in [5, 5.41) is 19.1. The van der Waals surface area contributed by atoms with Crippen LogP contribution in [0.1, 0.15) is 34.7 Å². The molecule has 0 aliphatic carbocycles. The number of halogens is 3. The summed E-state index contributed by atoms with van der Waals surface area (Å²) in [6.07, 6.45) is -0.100. The molecule has 0 bridgehead atoms. The number of carbonyl (C=O) groups is 1. The number of aromatic nitrogens is 2. The van der Waals surface area contributed by atoms with Crippen molar-refractivity contribution >= 4 is 22.9 Å². The van der Waals surface area contributed by atoms with E-state index in [0.717, 1.165) is 12.1 Å². The molecule has 0 saturated carbocycles. The number of hydrogen-bond acceptors (Lipinski definition) is 4. The van der Waals surface area contributed by atoms with Gasteiger partial charge in [0.15, 0.2) is 5.78 Å². The van der Waals surface area contributed by atoms with Gasteiger partial charge in [-0.05, 0) is 43.7 Å². The van der Waals surface area contributed by atoms with Gasteiger partial charge in [0.05, 0.1) is 22.8 Å². The first kappa shape index (κ1) is 20.8. The van der Waals surface area contributed by atoms with Crippen LogP contribution in [0.25, 0.3) is 17.1 Å². The zero-order valence-corrected chi connectivity index (χ0v) is 16.1. The fourth-order valence-corrected chi connectivity index (χ4v) is 3.25. The molecule has 2 heterocycles. The summed E-state index contributed by atoms with van der Waals surface area (Å²) in [6, 6.07) is 9.14. The van der Waals surface area contributed by atoms with Gasteiger partial charge in [-0.25, -0.2) is 4.98 Å². The van der Waals surface area contributed by atoms with Crippen LogP contribution >= 0.6 is 0 Å². The maximum absolute atomic E-state index is 13.2. The molecule has 0 atom stereocenters. The number of ketones is 1. The minimum absolute atomic E-state index is 0.0684. The zero-order chi connectivity index (χ0) is 22.1. The average Bonchev–Trinajstić information content (AvgIpc) is 3.02. The van der Waals surface area contributed by atoms with E-state index in [1.165, 1.54) is 25.3 Å². The lowest BCUT2D eigenvalue weighted by Crippen LogP contribution is -2.07. The molecule has 0 fully saturated rings. The number of aryl methyl sites for hydroxylation is 1. The first-order chi connectivity index (χ1) is 14.1. The quantitative estimate of drug-likeness (QED) is 0.460. The Morgan fingerprint density at radius 1 is 1.27 bits per heavy atom. The second-order valence-corrected chi connectivity index (χ2v) is 6.81. The molecule has 0 amide bonds. The zero-order valence-electron chi connectivity index (χ0n) is 16.1. The molecule has 0 radical (unpaired) electrons. The predicted octanol–water partition coefficient (Wildman–Crippen LogP) is 4.78. The van der Waals surface area contributed by atoms with E-state index in [1.54, 1.807) is 23.8 Å². The number of allylic oxidation sites excluding steroid dienone is 1. The van der Waals surface area contributed by atoms with Crippen molar-refractivity contribution < 1.29 is 18.0 Å². The Labute approximate surface area is 170 Å². The number of nitrogens with zero attached hydrogens (tertiary/aromatic N) is 4. The molecule has 0 spiro atoms. The molecule has 0 N–H and O–H groups in total. The van der Waals surface area contributed by atoms with Crippen LogP contribution in [0.4, 0.5) is 13.2 Å². The molecule has 0 unspecified atom stereocenters. The maximum atomic E-state index is 13.2. The molecular weight excluding hydrogens is 393 g/mol. The summed E-state index contributed by atoms with van der Waals surface area (Å²) >= 11 is 0. The van der Waals surface area contributed by atoms with Gasteiger partial charge >= 0.3 is 6.18 Å². The van der Waals surface area contributed by atoms with Gasteiger partial charge in [0, 0.05) is 29.9 Å². The lowest BCUT2D eigenvalue weighted by Gasteiger charge is -2.11. The van der Waals surface area contributed by atoms with Crippen molar-refractivity contribution in [2.45, 2.75) is 26.6 Å². The molecular formula is C22H15F3N4O. The number of hydrogen-bond donors (Lipinski definition) is 0. The lowest BCUT2D eigenvalue weighted by atomic mass is 10.1. The highest BCUT2D eigenvalue weighted by Gasteiger charge is 2.31. The number of pyridine rings is 1. The molecule has 0 aliphatic heterocycles. The van der Waals surface area contributed by atoms with Crippen LogP contribution in [0.15, 0.2) is 42.2 Å². The third-order valence-corrected chi connectivity index (χ3v) is 4.52. The van der Waals surface area contributed by atoms with Gasteiger partial charge in [-0.1, -0.05) is 11.6 Å². The summed E-state index contributed by atoms with van der Waals surface area (Å²) in [7, 11) is 0. The maximum Gasteiger partial charge on any atom is 0.416 e. The normalized spacial score (nSPS) is 11.9. The van der Waals surface area contributed by atoms with E-state index in [0.29, 0.717) is 27.7 Å². The van der Waals surface area contributed by atoms with Crippen molar-refractivity contribution in [1.82, 2.24) is 9.55 Å². The van der Waals surface area contributed by atoms with Gasteiger partial charge < -0.3 is 4.57 Å². The third-order valence-electron chi connectivity index (χ3n) is 4.52. The van der Waals surface area contributed by atoms with Crippen LogP contribution in [-0.4, -0.2) is 15.3 Å². The van der Waals surface area contributed by atoms with Crippen molar-refractivity contribution in [3.8, 4) is 12.1 Å². The van der Waals surface area contributed by atoms with Gasteiger partial charge in [-0.2, -0.15) is 23.7 Å². The van der Waals surface area contributed by atoms with Crippen LogP contribution in [0.3, 0.4) is 0 Å². The van der Waals surface area contributed by atoms with Crippen molar-refractivity contribution in [1.29, 1.82) is 10.5 Å². The highest BCUT2D eigenvalue weighted by atomic mass is 19.4. The molecule has 0 aliphatic rings. The van der Waals surface area contributed by atoms with E-state index in [4.69, 9.17) is 0 Å². The number of alkyl halides is 3. The topological polar surface area (TPSA) is 82.5 Å². The second kappa shape index (κ2) is 7.84. The molecule has 150 valence electrons. The first-order valence-electron chi connectivity index (χ1n) is 8.82. The molecule has 3 rings (SSSR count). The highest BCUT2D eigenvalue weighted by Crippen LogP contribution is 2.32. The van der Waals surface area contributed by atoms with Crippen molar-refractivity contribution in [2.75, 3.05) is 0 Å². The summed E-state index contributed by atoms with van der Waals surface area (Å²) in [4.78, 5) is 15.9. The van der Waals surface area contributed by atoms with Crippen molar-refractivity contribution in [3.05, 3.63) is 70.0 Å². The standard InChI is InChI=1S/C22H15F3N4O/c1-13-5-15(7-19(6-13)22(23,24)25)11-29-12-18(8-17(10-27)14(2)30)20-16(9-26)3-4-28-21(20)29/h3-8,12H,11H2,1-2H3/b17-8+. The van der Waals surface area contributed by atoms with Crippen LogP contribution in [-0.2, 0) is 17.5 Å². The Kier molecular flexibility index (Phi) is 5.44. The number of rotatable bonds is 4. The Bertz CT molecular complexity index is 1270. The largest absolute Gasteiger partial charge is 0.416 e. The first-order valence-corrected chi connectivity index (χ1v) is 8.82. The molecule has 5 nitrogen and oxygen atoms in total. The summed E-state index contributed by atoms with van der Waals surface area (Å²) in [6.45, 7) is 2.90. The monoisotopic (exact) mass is 408 g/mol. The van der Waals surface area contributed by atoms with Crippen molar-refractivity contribution in [3.63, 3.8) is 0 Å². The van der Waals surface area contributed by atoms with E-state index < -0.39 is 17.5 Å². The van der Waals surface area contributed by atoms with Gasteiger partial charge in [0.25, 0.3) is 0 Å². The predicted molar refractivity (Wildman–Crippen MR) is 104 cm³/mol. The molecule has 3 aromatic rings. The lowest BCUT2D eigenvalue weighted by molar-refractivity contribution is -0.137. The van der Waals surface area contributed by atoms with Gasteiger partial charge in [0.2, 0.25) is 0 Å². The molecule has 30 heavy (non-hydrogen) atoms. The molecule has 8 heteroatoms. The van der Waals surface area contributed by atoms with Crippen LogP contribution in [0.2, 0.25) is 0 Å². The Morgan fingerprint density at radius 3 is 2.60 bits per heavy atom. The minimum Gasteiger partial charge on any atom is -0.327 e. The van der Waals surface area contributed by atoms with Crippen LogP contribution < -0.4 is 0 Å². The number of nitriles is 2. The second-order valence-electron chi connectivity index (χ2n) is 6.81. The Balaban J connectivity index is 2.20. The smallest absolute Gasteiger partial charge is 0.327 e. The third kappa shape index (κ3) is 4.08. The summed E-state index contributed by atoms with van der Waals surface area (Å²) < 4.78 is 41.1. The number of benzene rings is 1. The van der Waals surface area contributed by atoms with E-state index in [1.807, 2.05) is 12.1 Å². The Hall–Kier alpha value is -3.91. The molecule has 0 saturated heterocycles. The van der Waals surface area contributed by atoms with Crippen molar-refractivity contribution in [2.24, 2.45) is 0 Å². The number of fused-ring (bicyclic) bond motifs is 1. The number of Topliss-reactive ketones (excluding diaryl/α,β-unsaturated/α-hetero) is 1. The number of carbonyl (C=O) groups excluding carboxylic acids is 1. The highest BCUT2D eigenvalue weighted by molar-refractivity contribution is 6.04. The fourth-order valence-electron chi connectivity index (χ4n) is 3.25. The minimum atomic E-state index is -4.47. The van der Waals surface area contributed by atoms with Crippen LogP contribution in [0.5, 0.6) is 0 Å².